The topological polar surface area (TPSA) is 78.7 Å². The van der Waals surface area contributed by atoms with Crippen molar-refractivity contribution in [1.82, 2.24) is 0 Å². The summed E-state index contributed by atoms with van der Waals surface area (Å²) < 4.78 is 10.5. The van der Waals surface area contributed by atoms with Crippen LogP contribution < -0.4 is 9.47 Å². The number of carbonyl (C=O) groups excluding carboxylic acids is 1. The Morgan fingerprint density at radius 3 is 2.63 bits per heavy atom. The quantitative estimate of drug-likeness (QED) is 0.313. The Morgan fingerprint density at radius 1 is 1.37 bits per heavy atom. The number of aldehydes is 1. The zero-order valence-electron chi connectivity index (χ0n) is 11.0. The summed E-state index contributed by atoms with van der Waals surface area (Å²) in [6.07, 6.45) is 3.38. The smallest absolute Gasteiger partial charge is 0.325 e. The summed E-state index contributed by atoms with van der Waals surface area (Å²) in [5.41, 5.74) is -0.381. The van der Waals surface area contributed by atoms with Crippen LogP contribution in [0.15, 0.2) is 12.1 Å². The molecular weight excluding hydrogens is 250 g/mol. The lowest BCUT2D eigenvalue weighted by molar-refractivity contribution is -0.386. The van der Waals surface area contributed by atoms with Gasteiger partial charge in [-0.3, -0.25) is 14.9 Å². The number of hydrogen-bond acceptors (Lipinski definition) is 5. The van der Waals surface area contributed by atoms with Gasteiger partial charge in [0.25, 0.3) is 0 Å². The molecule has 6 heteroatoms. The molecule has 0 atom stereocenters. The third-order valence-electron chi connectivity index (χ3n) is 2.65. The normalized spacial score (nSPS) is 10.0. The highest BCUT2D eigenvalue weighted by Crippen LogP contribution is 2.38. The fraction of sp³-hybridized carbons (Fsp3) is 0.462. The Kier molecular flexibility index (Phi) is 5.78. The first-order valence-corrected chi connectivity index (χ1v) is 6.09. The zero-order valence-corrected chi connectivity index (χ0v) is 11.0. The number of hydrogen-bond donors (Lipinski definition) is 0. The van der Waals surface area contributed by atoms with Crippen molar-refractivity contribution in [2.24, 2.45) is 0 Å². The molecule has 1 rings (SSSR count). The van der Waals surface area contributed by atoms with Gasteiger partial charge >= 0.3 is 5.69 Å². The highest BCUT2D eigenvalue weighted by Gasteiger charge is 2.24. The van der Waals surface area contributed by atoms with Gasteiger partial charge in [0.05, 0.1) is 24.2 Å². The molecule has 0 unspecified atom stereocenters. The second-order valence-corrected chi connectivity index (χ2v) is 3.97. The van der Waals surface area contributed by atoms with Crippen LogP contribution in [0.25, 0.3) is 0 Å². The summed E-state index contributed by atoms with van der Waals surface area (Å²) in [6.45, 7) is 2.53. The van der Waals surface area contributed by atoms with E-state index in [0.717, 1.165) is 19.3 Å². The van der Waals surface area contributed by atoms with Gasteiger partial charge in [0.1, 0.15) is 0 Å². The molecule has 0 heterocycles. The van der Waals surface area contributed by atoms with Crippen molar-refractivity contribution < 1.29 is 19.2 Å². The van der Waals surface area contributed by atoms with Gasteiger partial charge in [0.15, 0.2) is 12.0 Å². The molecule has 0 aromatic heterocycles. The summed E-state index contributed by atoms with van der Waals surface area (Å²) in [5, 5.41) is 11.0. The summed E-state index contributed by atoms with van der Waals surface area (Å²) in [4.78, 5) is 21.2. The predicted octanol–water partition coefficient (Wildman–Crippen LogP) is 2.98. The third-order valence-corrected chi connectivity index (χ3v) is 2.65. The van der Waals surface area contributed by atoms with Crippen LogP contribution in [0.4, 0.5) is 5.69 Å². The Hall–Kier alpha value is -2.11. The van der Waals surface area contributed by atoms with E-state index in [1.165, 1.54) is 19.2 Å². The van der Waals surface area contributed by atoms with Gasteiger partial charge in [-0.2, -0.15) is 0 Å². The minimum Gasteiger partial charge on any atom is -0.489 e. The van der Waals surface area contributed by atoms with E-state index in [-0.39, 0.29) is 22.7 Å². The maximum Gasteiger partial charge on any atom is 0.325 e. The fourth-order valence-electron chi connectivity index (χ4n) is 1.70. The SMILES string of the molecule is CCCCCOc1ccc(C=O)c([N+](=O)[O-])c1OC. The number of unbranched alkanes of at least 4 members (excludes halogenated alkanes) is 2. The van der Waals surface area contributed by atoms with Gasteiger partial charge < -0.3 is 9.47 Å². The molecule has 1 aromatic rings. The molecule has 0 fully saturated rings. The van der Waals surface area contributed by atoms with Crippen molar-refractivity contribution >= 4 is 12.0 Å². The van der Waals surface area contributed by atoms with E-state index < -0.39 is 4.92 Å². The van der Waals surface area contributed by atoms with Gasteiger partial charge in [-0.25, -0.2) is 0 Å². The lowest BCUT2D eigenvalue weighted by atomic mass is 10.1. The third kappa shape index (κ3) is 3.67. The summed E-state index contributed by atoms with van der Waals surface area (Å²) >= 11 is 0. The van der Waals surface area contributed by atoms with Crippen LogP contribution in [0.5, 0.6) is 11.5 Å². The number of nitrogens with zero attached hydrogens (tertiary/aromatic N) is 1. The largest absolute Gasteiger partial charge is 0.489 e. The molecule has 19 heavy (non-hydrogen) atoms. The Bertz CT molecular complexity index is 459. The second-order valence-electron chi connectivity index (χ2n) is 3.97. The van der Waals surface area contributed by atoms with Gasteiger partial charge in [-0.1, -0.05) is 19.8 Å². The van der Waals surface area contributed by atoms with Crippen LogP contribution in [-0.2, 0) is 0 Å². The highest BCUT2D eigenvalue weighted by atomic mass is 16.6. The number of nitro benzene ring substituents is 1. The van der Waals surface area contributed by atoms with Crippen LogP contribution in [0.1, 0.15) is 36.5 Å². The van der Waals surface area contributed by atoms with E-state index >= 15 is 0 Å². The molecule has 1 aromatic carbocycles. The molecule has 104 valence electrons. The summed E-state index contributed by atoms with van der Waals surface area (Å²) in [7, 11) is 1.32. The number of ether oxygens (including phenoxy) is 2. The van der Waals surface area contributed by atoms with Gasteiger partial charge in [0, 0.05) is 0 Å². The van der Waals surface area contributed by atoms with Crippen LogP contribution in [0.3, 0.4) is 0 Å². The molecule has 0 saturated heterocycles. The van der Waals surface area contributed by atoms with Gasteiger partial charge in [-0.15, -0.1) is 0 Å². The van der Waals surface area contributed by atoms with E-state index in [2.05, 4.69) is 6.92 Å². The molecule has 0 spiro atoms. The molecule has 0 aliphatic carbocycles. The molecule has 0 aliphatic heterocycles. The van der Waals surface area contributed by atoms with Gasteiger partial charge in [0.2, 0.25) is 5.75 Å². The van der Waals surface area contributed by atoms with Crippen molar-refractivity contribution in [3.63, 3.8) is 0 Å². The van der Waals surface area contributed by atoms with Crippen molar-refractivity contribution in [3.05, 3.63) is 27.8 Å². The lowest BCUT2D eigenvalue weighted by Gasteiger charge is -2.11. The lowest BCUT2D eigenvalue weighted by Crippen LogP contribution is -2.03. The van der Waals surface area contributed by atoms with Crippen LogP contribution in [0.2, 0.25) is 0 Å². The summed E-state index contributed by atoms with van der Waals surface area (Å²) in [5.74, 6) is 0.280. The van der Waals surface area contributed by atoms with Crippen molar-refractivity contribution in [2.75, 3.05) is 13.7 Å². The maximum atomic E-state index is 11.0. The number of carbonyl (C=O) groups is 1. The Balaban J connectivity index is 3.02. The summed E-state index contributed by atoms with van der Waals surface area (Å²) in [6, 6.07) is 2.88. The second kappa shape index (κ2) is 7.35. The first-order chi connectivity index (χ1) is 9.15. The first kappa shape index (κ1) is 14.9. The molecule has 0 aliphatic rings. The van der Waals surface area contributed by atoms with Crippen LogP contribution >= 0.6 is 0 Å². The molecule has 0 amide bonds. The standard InChI is InChI=1S/C13H17NO5/c1-3-4-5-8-19-11-7-6-10(9-15)12(14(16)17)13(11)18-2/h6-7,9H,3-5,8H2,1-2H3. The Morgan fingerprint density at radius 2 is 2.11 bits per heavy atom. The molecular formula is C13H17NO5. The van der Waals surface area contributed by atoms with Crippen LogP contribution in [0, 0.1) is 10.1 Å². The Labute approximate surface area is 111 Å². The molecule has 6 nitrogen and oxygen atoms in total. The van der Waals surface area contributed by atoms with E-state index in [1.807, 2.05) is 0 Å². The van der Waals surface area contributed by atoms with Crippen LogP contribution in [-0.4, -0.2) is 24.9 Å². The number of rotatable bonds is 8. The fourth-order valence-corrected chi connectivity index (χ4v) is 1.70. The average Bonchev–Trinajstić information content (AvgIpc) is 2.42. The first-order valence-electron chi connectivity index (χ1n) is 6.09. The molecule has 0 N–H and O–H groups in total. The maximum absolute atomic E-state index is 11.0. The predicted molar refractivity (Wildman–Crippen MR) is 70.1 cm³/mol. The van der Waals surface area contributed by atoms with E-state index in [9.17, 15) is 14.9 Å². The average molecular weight is 267 g/mol. The van der Waals surface area contributed by atoms with Crippen molar-refractivity contribution in [1.29, 1.82) is 0 Å². The van der Waals surface area contributed by atoms with Crippen molar-refractivity contribution in [3.8, 4) is 11.5 Å². The number of nitro groups is 1. The van der Waals surface area contributed by atoms with Gasteiger partial charge in [-0.05, 0) is 18.6 Å². The van der Waals surface area contributed by atoms with E-state index in [1.54, 1.807) is 0 Å². The van der Waals surface area contributed by atoms with E-state index in [4.69, 9.17) is 9.47 Å². The molecule has 0 saturated carbocycles. The molecule has 0 bridgehead atoms. The van der Waals surface area contributed by atoms with E-state index in [0.29, 0.717) is 12.9 Å². The molecule has 0 radical (unpaired) electrons. The minimum atomic E-state index is -0.637. The number of benzene rings is 1. The zero-order chi connectivity index (χ0) is 14.3. The van der Waals surface area contributed by atoms with Crippen molar-refractivity contribution in [2.45, 2.75) is 26.2 Å². The monoisotopic (exact) mass is 267 g/mol. The highest BCUT2D eigenvalue weighted by molar-refractivity contribution is 5.85. The number of methoxy groups -OCH3 is 1. The minimum absolute atomic E-state index is 0.00824.